The Morgan fingerprint density at radius 1 is 0.536 bits per heavy atom. The zero-order valence-corrected chi connectivity index (χ0v) is 34.0. The average molecular weight is 746 g/mol. The van der Waals surface area contributed by atoms with E-state index in [0.717, 1.165) is 23.7 Å². The van der Waals surface area contributed by atoms with Gasteiger partial charge in [0.2, 0.25) is 0 Å². The van der Waals surface area contributed by atoms with Crippen LogP contribution in [0, 0.1) is 29.1 Å². The molecule has 6 unspecified atom stereocenters. The van der Waals surface area contributed by atoms with Gasteiger partial charge in [-0.05, 0) is 165 Å². The third-order valence-electron chi connectivity index (χ3n) is 16.2. The highest BCUT2D eigenvalue weighted by Crippen LogP contribution is 2.89. The van der Waals surface area contributed by atoms with Crippen molar-refractivity contribution >= 4 is 28.8 Å². The summed E-state index contributed by atoms with van der Waals surface area (Å²) in [5, 5.41) is 0. The molecule has 56 heavy (non-hydrogen) atoms. The van der Waals surface area contributed by atoms with E-state index in [1.807, 2.05) is 11.8 Å². The van der Waals surface area contributed by atoms with Crippen molar-refractivity contribution in [3.63, 3.8) is 0 Å². The molecule has 0 N–H and O–H groups in total. The Hall–Kier alpha value is -4.53. The Morgan fingerprint density at radius 3 is 1.98 bits per heavy atom. The summed E-state index contributed by atoms with van der Waals surface area (Å²) in [7, 11) is 0. The second kappa shape index (κ2) is 11.5. The number of rotatable bonds is 5. The summed E-state index contributed by atoms with van der Waals surface area (Å²) >= 11 is 2.03. The Kier molecular flexibility index (Phi) is 6.92. The number of hydrogen-bond acceptors (Lipinski definition) is 2. The second-order valence-electron chi connectivity index (χ2n) is 19.6. The third kappa shape index (κ3) is 4.30. The molecule has 0 saturated heterocycles. The molecule has 2 spiro atoms. The number of fused-ring (bicyclic) bond motifs is 8. The molecule has 0 aromatic heterocycles. The Labute approximate surface area is 337 Å². The molecule has 6 aromatic rings. The Bertz CT molecular complexity index is 2550. The molecule has 12 rings (SSSR count). The number of benzene rings is 6. The van der Waals surface area contributed by atoms with E-state index in [4.69, 9.17) is 0 Å². The minimum absolute atomic E-state index is 0.0459. The molecule has 4 fully saturated rings. The second-order valence-corrected chi connectivity index (χ2v) is 20.7. The van der Waals surface area contributed by atoms with Gasteiger partial charge in [0.05, 0.1) is 5.69 Å². The van der Waals surface area contributed by atoms with E-state index in [1.54, 1.807) is 11.1 Å². The maximum absolute atomic E-state index is 2.70. The van der Waals surface area contributed by atoms with Gasteiger partial charge in [-0.1, -0.05) is 137 Å². The van der Waals surface area contributed by atoms with Gasteiger partial charge in [0.1, 0.15) is 0 Å². The van der Waals surface area contributed by atoms with Crippen molar-refractivity contribution < 1.29 is 0 Å². The van der Waals surface area contributed by atoms with E-state index >= 15 is 0 Å². The highest BCUT2D eigenvalue weighted by molar-refractivity contribution is 7.99. The van der Waals surface area contributed by atoms with Crippen molar-refractivity contribution in [3.05, 3.63) is 162 Å². The van der Waals surface area contributed by atoms with E-state index in [1.165, 1.54) is 98.8 Å². The van der Waals surface area contributed by atoms with Gasteiger partial charge in [0.25, 0.3) is 0 Å². The minimum atomic E-state index is 0.0459. The van der Waals surface area contributed by atoms with Crippen molar-refractivity contribution in [1.82, 2.24) is 0 Å². The lowest BCUT2D eigenvalue weighted by molar-refractivity contribution is -0.234. The topological polar surface area (TPSA) is 3.24 Å². The van der Waals surface area contributed by atoms with Crippen LogP contribution in [-0.4, -0.2) is 0 Å². The maximum Gasteiger partial charge on any atom is 0.0502 e. The molecule has 6 aromatic carbocycles. The summed E-state index contributed by atoms with van der Waals surface area (Å²) in [5.41, 5.74) is 16.3. The fourth-order valence-corrected chi connectivity index (χ4v) is 15.2. The summed E-state index contributed by atoms with van der Waals surface area (Å²) < 4.78 is 0. The Morgan fingerprint density at radius 2 is 1.21 bits per heavy atom. The smallest absolute Gasteiger partial charge is 0.0502 e. The predicted octanol–water partition coefficient (Wildman–Crippen LogP) is 14.7. The van der Waals surface area contributed by atoms with Crippen molar-refractivity contribution in [1.29, 1.82) is 0 Å². The van der Waals surface area contributed by atoms with Crippen LogP contribution < -0.4 is 4.90 Å². The SMILES string of the molecule is CC1(C)CCC(C)(C)c2c(N(c3ccc(-c4ccccc4)cc3)c3ccc4c(c3)C3(c5c(cccc5-c5ccccc5)S4)C4CC5CC6CC3C64C5)cccc21. The molecule has 1 aliphatic heterocycles. The normalized spacial score (nSPS) is 29.0. The zero-order chi connectivity index (χ0) is 37.6. The summed E-state index contributed by atoms with van der Waals surface area (Å²) in [5.74, 6) is 3.29. The predicted molar refractivity (Wildman–Crippen MR) is 233 cm³/mol. The van der Waals surface area contributed by atoms with Crippen LogP contribution in [0.5, 0.6) is 0 Å². The van der Waals surface area contributed by atoms with E-state index in [9.17, 15) is 0 Å². The van der Waals surface area contributed by atoms with Crippen molar-refractivity contribution in [2.75, 3.05) is 4.90 Å². The van der Waals surface area contributed by atoms with Gasteiger partial charge in [-0.2, -0.15) is 0 Å². The van der Waals surface area contributed by atoms with E-state index < -0.39 is 0 Å². The molecular formula is C54H51NS. The molecule has 5 aliphatic carbocycles. The van der Waals surface area contributed by atoms with Gasteiger partial charge in [-0.3, -0.25) is 0 Å². The first kappa shape index (κ1) is 33.6. The van der Waals surface area contributed by atoms with Gasteiger partial charge in [-0.15, -0.1) is 0 Å². The summed E-state index contributed by atoms with van der Waals surface area (Å²) in [6.45, 7) is 9.88. The van der Waals surface area contributed by atoms with Gasteiger partial charge in [0.15, 0.2) is 0 Å². The maximum atomic E-state index is 2.70. The molecule has 2 heteroatoms. The van der Waals surface area contributed by atoms with Gasteiger partial charge in [0, 0.05) is 26.6 Å². The lowest BCUT2D eigenvalue weighted by Crippen LogP contribution is -2.74. The molecule has 0 amide bonds. The highest BCUT2D eigenvalue weighted by atomic mass is 32.2. The van der Waals surface area contributed by atoms with Gasteiger partial charge in [-0.25, -0.2) is 0 Å². The highest BCUT2D eigenvalue weighted by Gasteiger charge is 2.84. The molecular weight excluding hydrogens is 695 g/mol. The van der Waals surface area contributed by atoms with Crippen LogP contribution in [0.2, 0.25) is 0 Å². The number of nitrogens with zero attached hydrogens (tertiary/aromatic N) is 1. The molecule has 2 bridgehead atoms. The zero-order valence-electron chi connectivity index (χ0n) is 33.2. The van der Waals surface area contributed by atoms with Crippen LogP contribution in [0.15, 0.2) is 149 Å². The molecule has 6 aliphatic rings. The minimum Gasteiger partial charge on any atom is -0.310 e. The van der Waals surface area contributed by atoms with Crippen LogP contribution in [0.3, 0.4) is 0 Å². The third-order valence-corrected chi connectivity index (χ3v) is 17.4. The van der Waals surface area contributed by atoms with Gasteiger partial charge < -0.3 is 4.90 Å². The molecule has 4 saturated carbocycles. The van der Waals surface area contributed by atoms with Crippen LogP contribution in [0.4, 0.5) is 17.1 Å². The first-order valence-electron chi connectivity index (χ1n) is 21.3. The molecule has 278 valence electrons. The van der Waals surface area contributed by atoms with Crippen LogP contribution in [0.25, 0.3) is 22.3 Å². The molecule has 1 heterocycles. The molecule has 1 nitrogen and oxygen atoms in total. The lowest BCUT2D eigenvalue weighted by atomic mass is 9.26. The Balaban J connectivity index is 1.09. The van der Waals surface area contributed by atoms with E-state index in [0.29, 0.717) is 5.41 Å². The number of hydrogen-bond donors (Lipinski definition) is 0. The standard InChI is InChI=1S/C54H51NS/c1-51(2)27-28-52(3,4)50-42(51)18-12-19-44(50)55(39-23-21-36(22-24-39)35-13-7-5-8-14-35)40-25-26-45-43(32-40)54(47-30-34-29-38-31-48(54)53(38,47)33-34)49-41(17-11-20-46(49)56-45)37-15-9-6-10-16-37/h5-26,32,34,38,47-48H,27-31,33H2,1-4H3. The quantitative estimate of drug-likeness (QED) is 0.173. The molecule has 6 atom stereocenters. The first-order valence-corrected chi connectivity index (χ1v) is 22.1. The van der Waals surface area contributed by atoms with E-state index in [-0.39, 0.29) is 16.2 Å². The largest absolute Gasteiger partial charge is 0.310 e. The summed E-state index contributed by atoms with van der Waals surface area (Å²) in [6.07, 6.45) is 8.13. The van der Waals surface area contributed by atoms with Crippen LogP contribution >= 0.6 is 11.8 Å². The monoisotopic (exact) mass is 745 g/mol. The van der Waals surface area contributed by atoms with Gasteiger partial charge >= 0.3 is 0 Å². The lowest BCUT2D eigenvalue weighted by Gasteiger charge is -2.78. The summed E-state index contributed by atoms with van der Waals surface area (Å²) in [6, 6.07) is 53.6. The van der Waals surface area contributed by atoms with Crippen LogP contribution in [0.1, 0.15) is 88.5 Å². The number of anilines is 3. The van der Waals surface area contributed by atoms with Crippen molar-refractivity contribution in [2.45, 2.75) is 92.3 Å². The van der Waals surface area contributed by atoms with E-state index in [2.05, 4.69) is 172 Å². The molecule has 0 radical (unpaired) electrons. The first-order chi connectivity index (χ1) is 27.2. The van der Waals surface area contributed by atoms with Crippen LogP contribution in [-0.2, 0) is 16.2 Å². The fraction of sp³-hybridized carbons (Fsp3) is 0.333. The van der Waals surface area contributed by atoms with Crippen molar-refractivity contribution in [2.24, 2.45) is 29.1 Å². The average Bonchev–Trinajstić information content (AvgIpc) is 3.76. The summed E-state index contributed by atoms with van der Waals surface area (Å²) in [4.78, 5) is 5.61. The fourth-order valence-electron chi connectivity index (χ4n) is 13.9. The van der Waals surface area contributed by atoms with Crippen molar-refractivity contribution in [3.8, 4) is 22.3 Å².